The van der Waals surface area contributed by atoms with Crippen molar-refractivity contribution < 1.29 is 5.11 Å². The molecule has 2 heteroatoms. The fourth-order valence-electron chi connectivity index (χ4n) is 3.09. The number of hydrogen-bond acceptors (Lipinski definition) is 2. The predicted molar refractivity (Wildman–Crippen MR) is 76.1 cm³/mol. The Bertz CT molecular complexity index is 538. The fourth-order valence-corrected chi connectivity index (χ4v) is 3.09. The second-order valence-corrected chi connectivity index (χ2v) is 5.33. The highest BCUT2D eigenvalue weighted by atomic mass is 16.3. The minimum absolute atomic E-state index is 0.269. The zero-order chi connectivity index (χ0) is 13.1. The summed E-state index contributed by atoms with van der Waals surface area (Å²) in [7, 11) is 0. The van der Waals surface area contributed by atoms with Crippen molar-refractivity contribution in [2.75, 3.05) is 0 Å². The first-order valence-corrected chi connectivity index (χ1v) is 6.99. The van der Waals surface area contributed by atoms with Gasteiger partial charge < -0.3 is 5.11 Å². The molecule has 0 aliphatic heterocycles. The van der Waals surface area contributed by atoms with Gasteiger partial charge in [-0.15, -0.1) is 0 Å². The lowest BCUT2D eigenvalue weighted by atomic mass is 9.78. The van der Waals surface area contributed by atoms with Gasteiger partial charge in [0.05, 0.1) is 6.10 Å². The number of pyridine rings is 1. The lowest BCUT2D eigenvalue weighted by Gasteiger charge is -2.29. The molecule has 2 unspecified atom stereocenters. The number of aliphatic hydroxyl groups is 1. The molecule has 1 aliphatic rings. The van der Waals surface area contributed by atoms with Crippen LogP contribution in [0.4, 0.5) is 0 Å². The van der Waals surface area contributed by atoms with Gasteiger partial charge in [-0.3, -0.25) is 4.98 Å². The third-order valence-electron chi connectivity index (χ3n) is 4.05. The lowest BCUT2D eigenvalue weighted by Crippen LogP contribution is -2.25. The quantitative estimate of drug-likeness (QED) is 0.911. The van der Waals surface area contributed by atoms with E-state index in [2.05, 4.69) is 29.2 Å². The van der Waals surface area contributed by atoms with E-state index in [-0.39, 0.29) is 12.0 Å². The maximum absolute atomic E-state index is 10.5. The molecule has 2 atom stereocenters. The molecule has 0 amide bonds. The first kappa shape index (κ1) is 12.4. The summed E-state index contributed by atoms with van der Waals surface area (Å²) < 4.78 is 0. The Morgan fingerprint density at radius 3 is 2.95 bits per heavy atom. The standard InChI is InChI=1S/C17H19NO/c19-17(11-13-5-4-10-18-12-13)16-9-3-7-14-6-1-2-8-15(14)16/h1-2,4-6,8,10,12,16-17,19H,3,7,9,11H2. The maximum atomic E-state index is 10.5. The molecule has 1 aromatic heterocycles. The first-order chi connectivity index (χ1) is 9.34. The zero-order valence-corrected chi connectivity index (χ0v) is 11.0. The van der Waals surface area contributed by atoms with Crippen LogP contribution in [-0.2, 0) is 12.8 Å². The molecule has 2 aromatic rings. The fraction of sp³-hybridized carbons (Fsp3) is 0.353. The number of aliphatic hydroxyl groups excluding tert-OH is 1. The molecule has 98 valence electrons. The second-order valence-electron chi connectivity index (χ2n) is 5.33. The Balaban J connectivity index is 1.80. The molecule has 0 radical (unpaired) electrons. The number of nitrogens with zero attached hydrogens (tertiary/aromatic N) is 1. The summed E-state index contributed by atoms with van der Waals surface area (Å²) >= 11 is 0. The smallest absolute Gasteiger partial charge is 0.0649 e. The lowest BCUT2D eigenvalue weighted by molar-refractivity contribution is 0.134. The molecule has 0 bridgehead atoms. The van der Waals surface area contributed by atoms with Gasteiger partial charge in [0.2, 0.25) is 0 Å². The van der Waals surface area contributed by atoms with Crippen LogP contribution in [0, 0.1) is 0 Å². The summed E-state index contributed by atoms with van der Waals surface area (Å²) in [5.41, 5.74) is 3.85. The third-order valence-corrected chi connectivity index (χ3v) is 4.05. The van der Waals surface area contributed by atoms with Crippen LogP contribution in [0.15, 0.2) is 48.8 Å². The molecule has 1 aromatic carbocycles. The Labute approximate surface area is 114 Å². The van der Waals surface area contributed by atoms with Crippen LogP contribution in [0.25, 0.3) is 0 Å². The Morgan fingerprint density at radius 1 is 1.21 bits per heavy atom. The van der Waals surface area contributed by atoms with Crippen LogP contribution in [0.5, 0.6) is 0 Å². The van der Waals surface area contributed by atoms with Crippen LogP contribution in [0.2, 0.25) is 0 Å². The van der Waals surface area contributed by atoms with Crippen molar-refractivity contribution >= 4 is 0 Å². The number of fused-ring (bicyclic) bond motifs is 1. The average molecular weight is 253 g/mol. The summed E-state index contributed by atoms with van der Waals surface area (Å²) in [5.74, 6) is 0.269. The minimum atomic E-state index is -0.314. The van der Waals surface area contributed by atoms with E-state index in [1.54, 1.807) is 6.20 Å². The van der Waals surface area contributed by atoms with E-state index in [0.717, 1.165) is 18.4 Å². The molecule has 1 heterocycles. The van der Waals surface area contributed by atoms with Crippen molar-refractivity contribution in [2.24, 2.45) is 0 Å². The normalized spacial score (nSPS) is 19.7. The van der Waals surface area contributed by atoms with E-state index in [9.17, 15) is 5.11 Å². The molecule has 0 saturated heterocycles. The number of hydrogen-bond donors (Lipinski definition) is 1. The van der Waals surface area contributed by atoms with E-state index in [4.69, 9.17) is 0 Å². The van der Waals surface area contributed by atoms with Gasteiger partial charge in [-0.05, 0) is 42.0 Å². The van der Waals surface area contributed by atoms with E-state index in [1.807, 2.05) is 18.3 Å². The van der Waals surface area contributed by atoms with Gasteiger partial charge in [-0.2, -0.15) is 0 Å². The summed E-state index contributed by atoms with van der Waals surface area (Å²) in [6, 6.07) is 12.5. The van der Waals surface area contributed by atoms with Crippen LogP contribution < -0.4 is 0 Å². The topological polar surface area (TPSA) is 33.1 Å². The van der Waals surface area contributed by atoms with E-state index >= 15 is 0 Å². The van der Waals surface area contributed by atoms with E-state index < -0.39 is 0 Å². The van der Waals surface area contributed by atoms with Crippen molar-refractivity contribution in [3.63, 3.8) is 0 Å². The Morgan fingerprint density at radius 2 is 2.11 bits per heavy atom. The SMILES string of the molecule is OC(Cc1cccnc1)C1CCCc2ccccc21. The molecule has 0 fully saturated rings. The van der Waals surface area contributed by atoms with Crippen LogP contribution >= 0.6 is 0 Å². The highest BCUT2D eigenvalue weighted by molar-refractivity contribution is 5.33. The van der Waals surface area contributed by atoms with Gasteiger partial charge in [0, 0.05) is 24.7 Å². The Kier molecular flexibility index (Phi) is 3.60. The van der Waals surface area contributed by atoms with Crippen LogP contribution in [-0.4, -0.2) is 16.2 Å². The van der Waals surface area contributed by atoms with Gasteiger partial charge in [0.15, 0.2) is 0 Å². The van der Waals surface area contributed by atoms with E-state index in [0.29, 0.717) is 6.42 Å². The summed E-state index contributed by atoms with van der Waals surface area (Å²) in [6.45, 7) is 0. The third kappa shape index (κ3) is 2.69. The van der Waals surface area contributed by atoms with Crippen molar-refractivity contribution in [2.45, 2.75) is 37.7 Å². The monoisotopic (exact) mass is 253 g/mol. The molecule has 1 aliphatic carbocycles. The summed E-state index contributed by atoms with van der Waals surface area (Å²) in [5, 5.41) is 10.5. The van der Waals surface area contributed by atoms with Gasteiger partial charge in [-0.25, -0.2) is 0 Å². The minimum Gasteiger partial charge on any atom is -0.392 e. The van der Waals surface area contributed by atoms with Gasteiger partial charge >= 0.3 is 0 Å². The molecule has 0 spiro atoms. The molecular formula is C17H19NO. The highest BCUT2D eigenvalue weighted by Crippen LogP contribution is 2.34. The Hall–Kier alpha value is -1.67. The average Bonchev–Trinajstić information content (AvgIpc) is 2.47. The van der Waals surface area contributed by atoms with Gasteiger partial charge in [-0.1, -0.05) is 30.3 Å². The first-order valence-electron chi connectivity index (χ1n) is 6.99. The number of rotatable bonds is 3. The van der Waals surface area contributed by atoms with Crippen LogP contribution in [0.1, 0.15) is 35.4 Å². The molecule has 1 N–H and O–H groups in total. The van der Waals surface area contributed by atoms with Crippen molar-refractivity contribution in [1.29, 1.82) is 0 Å². The predicted octanol–water partition coefficient (Wildman–Crippen LogP) is 3.11. The van der Waals surface area contributed by atoms with Crippen molar-refractivity contribution in [3.8, 4) is 0 Å². The zero-order valence-electron chi connectivity index (χ0n) is 11.0. The molecule has 3 rings (SSSR count). The highest BCUT2D eigenvalue weighted by Gasteiger charge is 2.26. The number of aromatic nitrogens is 1. The molecule has 2 nitrogen and oxygen atoms in total. The summed E-state index contributed by atoms with van der Waals surface area (Å²) in [6.07, 6.45) is 7.39. The van der Waals surface area contributed by atoms with Gasteiger partial charge in [0.1, 0.15) is 0 Å². The molecule has 0 saturated carbocycles. The number of aryl methyl sites for hydroxylation is 1. The van der Waals surface area contributed by atoms with Crippen LogP contribution in [0.3, 0.4) is 0 Å². The van der Waals surface area contributed by atoms with Gasteiger partial charge in [0.25, 0.3) is 0 Å². The maximum Gasteiger partial charge on any atom is 0.0649 e. The van der Waals surface area contributed by atoms with Crippen molar-refractivity contribution in [3.05, 3.63) is 65.5 Å². The largest absolute Gasteiger partial charge is 0.392 e. The second kappa shape index (κ2) is 5.54. The molecular weight excluding hydrogens is 234 g/mol. The summed E-state index contributed by atoms with van der Waals surface area (Å²) in [4.78, 5) is 4.12. The molecule has 19 heavy (non-hydrogen) atoms. The van der Waals surface area contributed by atoms with Crippen molar-refractivity contribution in [1.82, 2.24) is 4.98 Å². The van der Waals surface area contributed by atoms with E-state index in [1.165, 1.54) is 17.5 Å². The number of benzene rings is 1.